The van der Waals surface area contributed by atoms with E-state index in [1.807, 2.05) is 0 Å². The van der Waals surface area contributed by atoms with E-state index < -0.39 is 0 Å². The van der Waals surface area contributed by atoms with Gasteiger partial charge in [0.1, 0.15) is 0 Å². The minimum Gasteiger partial charge on any atom is -0.466 e. The summed E-state index contributed by atoms with van der Waals surface area (Å²) >= 11 is 3.10. The molecule has 0 saturated carbocycles. The molecule has 80 valence electrons. The zero-order valence-corrected chi connectivity index (χ0v) is 9.91. The Morgan fingerprint density at radius 2 is 2.20 bits per heavy atom. The van der Waals surface area contributed by atoms with E-state index in [1.54, 1.807) is 24.3 Å². The van der Waals surface area contributed by atoms with Crippen molar-refractivity contribution in [1.29, 1.82) is 0 Å². The van der Waals surface area contributed by atoms with Crippen molar-refractivity contribution < 1.29 is 14.3 Å². The van der Waals surface area contributed by atoms with Crippen molar-refractivity contribution in [3.8, 4) is 0 Å². The summed E-state index contributed by atoms with van der Waals surface area (Å²) in [6, 6.07) is 0. The normalized spacial score (nSPS) is 15.1. The second kappa shape index (κ2) is 5.66. The molecule has 1 aliphatic rings. The first-order valence-corrected chi connectivity index (χ1v) is 5.56. The highest BCUT2D eigenvalue weighted by Gasteiger charge is 2.11. The Morgan fingerprint density at radius 1 is 1.47 bits per heavy atom. The maximum absolute atomic E-state index is 11.4. The lowest BCUT2D eigenvalue weighted by Crippen LogP contribution is -2.03. The Bertz CT molecular complexity index is 364. The molecule has 0 spiro atoms. The van der Waals surface area contributed by atoms with E-state index in [-0.39, 0.29) is 17.1 Å². The van der Waals surface area contributed by atoms with Crippen molar-refractivity contribution in [3.05, 3.63) is 35.5 Å². The standard InChI is InChI=1S/C11H11BrO3/c1-15-11(14)9-4-2-3-8(5-6-9)10(13)7-12/h2-3,5-6H,4,7H2,1H3. The van der Waals surface area contributed by atoms with Crippen LogP contribution in [0.15, 0.2) is 35.5 Å². The Morgan fingerprint density at radius 3 is 2.80 bits per heavy atom. The molecule has 0 unspecified atom stereocenters. The minimum atomic E-state index is -0.358. The molecule has 0 bridgehead atoms. The molecule has 0 N–H and O–H groups in total. The Balaban J connectivity index is 2.89. The van der Waals surface area contributed by atoms with Gasteiger partial charge in [0.05, 0.1) is 12.4 Å². The zero-order valence-electron chi connectivity index (χ0n) is 8.33. The molecular formula is C11H11BrO3. The van der Waals surface area contributed by atoms with Crippen LogP contribution in [0.4, 0.5) is 0 Å². The van der Waals surface area contributed by atoms with Crippen LogP contribution < -0.4 is 0 Å². The van der Waals surface area contributed by atoms with Crippen LogP contribution in [0.1, 0.15) is 6.42 Å². The third-order valence-corrected chi connectivity index (χ3v) is 2.50. The van der Waals surface area contributed by atoms with Gasteiger partial charge >= 0.3 is 5.97 Å². The maximum Gasteiger partial charge on any atom is 0.334 e. The van der Waals surface area contributed by atoms with Crippen molar-refractivity contribution in [3.63, 3.8) is 0 Å². The number of ketones is 1. The Labute approximate surface area is 96.6 Å². The second-order valence-corrected chi connectivity index (χ2v) is 3.53. The monoisotopic (exact) mass is 270 g/mol. The van der Waals surface area contributed by atoms with Crippen LogP contribution in [-0.2, 0) is 14.3 Å². The first kappa shape index (κ1) is 11.9. The molecule has 3 nitrogen and oxygen atoms in total. The number of carbonyl (C=O) groups excluding carboxylic acids is 2. The lowest BCUT2D eigenvalue weighted by atomic mass is 10.1. The molecule has 4 heteroatoms. The van der Waals surface area contributed by atoms with E-state index >= 15 is 0 Å². The van der Waals surface area contributed by atoms with Gasteiger partial charge in [-0.3, -0.25) is 4.79 Å². The lowest BCUT2D eigenvalue weighted by Gasteiger charge is -1.98. The first-order chi connectivity index (χ1) is 7.19. The summed E-state index contributed by atoms with van der Waals surface area (Å²) in [4.78, 5) is 22.6. The number of hydrogen-bond acceptors (Lipinski definition) is 3. The van der Waals surface area contributed by atoms with Crippen LogP contribution in [-0.4, -0.2) is 24.2 Å². The fourth-order valence-electron chi connectivity index (χ4n) is 1.17. The number of alkyl halides is 1. The quantitative estimate of drug-likeness (QED) is 0.582. The average molecular weight is 271 g/mol. The number of Topliss-reactive ketones (excluding diaryl/α,β-unsaturated/α-hetero) is 1. The van der Waals surface area contributed by atoms with Crippen LogP contribution in [0.2, 0.25) is 0 Å². The predicted octanol–water partition coefficient (Wildman–Crippen LogP) is 1.94. The van der Waals surface area contributed by atoms with Crippen molar-refractivity contribution in [2.75, 3.05) is 12.4 Å². The van der Waals surface area contributed by atoms with Crippen LogP contribution in [0.3, 0.4) is 0 Å². The molecule has 0 heterocycles. The van der Waals surface area contributed by atoms with E-state index in [9.17, 15) is 9.59 Å². The molecule has 0 aliphatic heterocycles. The van der Waals surface area contributed by atoms with Crippen molar-refractivity contribution >= 4 is 27.7 Å². The molecule has 15 heavy (non-hydrogen) atoms. The Hall–Kier alpha value is -1.16. The van der Waals surface area contributed by atoms with Gasteiger partial charge in [-0.15, -0.1) is 0 Å². The van der Waals surface area contributed by atoms with E-state index in [4.69, 9.17) is 0 Å². The van der Waals surface area contributed by atoms with Gasteiger partial charge in [-0.05, 0) is 6.42 Å². The van der Waals surface area contributed by atoms with Gasteiger partial charge in [0, 0.05) is 11.1 Å². The first-order valence-electron chi connectivity index (χ1n) is 4.44. The number of ether oxygens (including phenoxy) is 1. The van der Waals surface area contributed by atoms with E-state index in [2.05, 4.69) is 20.7 Å². The molecule has 0 aromatic rings. The number of halogens is 1. The number of rotatable bonds is 3. The molecule has 1 aliphatic carbocycles. The van der Waals surface area contributed by atoms with Gasteiger partial charge in [-0.25, -0.2) is 4.79 Å². The fourth-order valence-corrected chi connectivity index (χ4v) is 1.50. The zero-order chi connectivity index (χ0) is 11.3. The van der Waals surface area contributed by atoms with E-state index in [0.717, 1.165) is 0 Å². The van der Waals surface area contributed by atoms with Crippen LogP contribution >= 0.6 is 15.9 Å². The third-order valence-electron chi connectivity index (χ3n) is 1.99. The molecule has 0 saturated heterocycles. The number of esters is 1. The van der Waals surface area contributed by atoms with Gasteiger partial charge in [0.15, 0.2) is 5.78 Å². The number of carbonyl (C=O) groups is 2. The summed E-state index contributed by atoms with van der Waals surface area (Å²) in [5.41, 5.74) is 1.14. The molecule has 0 aromatic heterocycles. The molecular weight excluding hydrogens is 260 g/mol. The summed E-state index contributed by atoms with van der Waals surface area (Å²) in [5, 5.41) is 0.282. The van der Waals surface area contributed by atoms with Gasteiger partial charge < -0.3 is 4.74 Å². The largest absolute Gasteiger partial charge is 0.466 e. The summed E-state index contributed by atoms with van der Waals surface area (Å²) in [6.07, 6.45) is 7.25. The number of hydrogen-bond donors (Lipinski definition) is 0. The summed E-state index contributed by atoms with van der Waals surface area (Å²) < 4.78 is 4.60. The molecule has 0 amide bonds. The SMILES string of the molecule is COC(=O)C1=CC=C(C(=O)CBr)C=CC1. The lowest BCUT2D eigenvalue weighted by molar-refractivity contribution is -0.136. The highest BCUT2D eigenvalue weighted by atomic mass is 79.9. The number of methoxy groups -OCH3 is 1. The Kier molecular flexibility index (Phi) is 4.49. The molecule has 0 atom stereocenters. The molecule has 0 aromatic carbocycles. The fraction of sp³-hybridized carbons (Fsp3) is 0.273. The number of allylic oxidation sites excluding steroid dienone is 5. The smallest absolute Gasteiger partial charge is 0.334 e. The maximum atomic E-state index is 11.4. The van der Waals surface area contributed by atoms with E-state index in [1.165, 1.54) is 7.11 Å². The minimum absolute atomic E-state index is 0.00591. The van der Waals surface area contributed by atoms with Crippen LogP contribution in [0.25, 0.3) is 0 Å². The van der Waals surface area contributed by atoms with E-state index in [0.29, 0.717) is 17.6 Å². The van der Waals surface area contributed by atoms with Gasteiger partial charge in [-0.1, -0.05) is 40.2 Å². The van der Waals surface area contributed by atoms with Crippen molar-refractivity contribution in [1.82, 2.24) is 0 Å². The topological polar surface area (TPSA) is 43.4 Å². The van der Waals surface area contributed by atoms with Crippen LogP contribution in [0.5, 0.6) is 0 Å². The van der Waals surface area contributed by atoms with Gasteiger partial charge in [0.2, 0.25) is 0 Å². The highest BCUT2D eigenvalue weighted by molar-refractivity contribution is 9.09. The van der Waals surface area contributed by atoms with Crippen LogP contribution in [0, 0.1) is 0 Å². The summed E-state index contributed by atoms with van der Waals surface area (Å²) in [7, 11) is 1.34. The highest BCUT2D eigenvalue weighted by Crippen LogP contribution is 2.13. The summed E-state index contributed by atoms with van der Waals surface area (Å²) in [6.45, 7) is 0. The van der Waals surface area contributed by atoms with Crippen molar-refractivity contribution in [2.45, 2.75) is 6.42 Å². The summed E-state index contributed by atoms with van der Waals surface area (Å²) in [5.74, 6) is -0.364. The van der Waals surface area contributed by atoms with Gasteiger partial charge in [-0.2, -0.15) is 0 Å². The second-order valence-electron chi connectivity index (χ2n) is 2.97. The molecule has 0 fully saturated rings. The van der Waals surface area contributed by atoms with Gasteiger partial charge in [0.25, 0.3) is 0 Å². The van der Waals surface area contributed by atoms with Crippen molar-refractivity contribution in [2.24, 2.45) is 0 Å². The third kappa shape index (κ3) is 3.16. The molecule has 1 rings (SSSR count). The predicted molar refractivity (Wildman–Crippen MR) is 60.7 cm³/mol. The molecule has 0 radical (unpaired) electrons. The average Bonchev–Trinajstić information content (AvgIpc) is 2.52.